The van der Waals surface area contributed by atoms with E-state index in [4.69, 9.17) is 27.9 Å². The van der Waals surface area contributed by atoms with Crippen molar-refractivity contribution >= 4 is 40.7 Å². The number of aromatic nitrogens is 2. The molecule has 0 bridgehead atoms. The molecule has 1 aliphatic rings. The number of anilines is 2. The largest absolute Gasteiger partial charge is 0.496 e. The summed E-state index contributed by atoms with van der Waals surface area (Å²) < 4.78 is 20.9. The van der Waals surface area contributed by atoms with Crippen LogP contribution >= 0.6 is 23.2 Å². The molecule has 5 N–H and O–H groups in total. The van der Waals surface area contributed by atoms with Gasteiger partial charge in [-0.2, -0.15) is 0 Å². The molecule has 12 heteroatoms. The maximum absolute atomic E-state index is 15.4. The fraction of sp³-hybridized carbons (Fsp3) is 0.359. The number of allylic oxidation sites excluding steroid dienone is 1. The lowest BCUT2D eigenvalue weighted by Crippen LogP contribution is -2.35. The van der Waals surface area contributed by atoms with Gasteiger partial charge in [-0.3, -0.25) is 9.78 Å². The average Bonchev–Trinajstić information content (AvgIpc) is 3.50. The van der Waals surface area contributed by atoms with Crippen LogP contribution in [0.1, 0.15) is 58.6 Å². The average molecular weight is 740 g/mol. The molecule has 0 amide bonds. The minimum Gasteiger partial charge on any atom is -0.496 e. The number of ether oxygens (including phenoxy) is 1. The van der Waals surface area contributed by atoms with E-state index in [2.05, 4.69) is 44.7 Å². The number of aliphatic carboxylic acids is 1. The summed E-state index contributed by atoms with van der Waals surface area (Å²) in [5.41, 5.74) is 4.61. The molecule has 3 heterocycles. The van der Waals surface area contributed by atoms with Crippen LogP contribution in [0.5, 0.6) is 5.75 Å². The van der Waals surface area contributed by atoms with Crippen LogP contribution in [0, 0.1) is 11.2 Å². The fourth-order valence-corrected chi connectivity index (χ4v) is 5.82. The summed E-state index contributed by atoms with van der Waals surface area (Å²) in [5.74, 6) is -0.807. The maximum Gasteiger partial charge on any atom is 0.310 e. The number of carboxylic acid groups (broad SMARTS) is 1. The third-order valence-corrected chi connectivity index (χ3v) is 8.91. The normalized spacial score (nSPS) is 13.7. The molecule has 1 saturated heterocycles. The lowest BCUT2D eigenvalue weighted by molar-refractivity contribution is -0.146. The van der Waals surface area contributed by atoms with E-state index >= 15 is 4.39 Å². The maximum atomic E-state index is 15.4. The Kier molecular flexibility index (Phi) is 15.7. The van der Waals surface area contributed by atoms with Gasteiger partial charge in [0.15, 0.2) is 11.6 Å². The van der Waals surface area contributed by atoms with E-state index < -0.39 is 17.2 Å². The van der Waals surface area contributed by atoms with Gasteiger partial charge in [0.25, 0.3) is 0 Å². The molecule has 2 aromatic heterocycles. The first-order chi connectivity index (χ1) is 24.4. The Labute approximate surface area is 311 Å². The molecule has 0 radical (unpaired) electrons. The van der Waals surface area contributed by atoms with Crippen molar-refractivity contribution in [1.82, 2.24) is 25.9 Å². The zero-order valence-corrected chi connectivity index (χ0v) is 31.9. The second kappa shape index (κ2) is 19.4. The van der Waals surface area contributed by atoms with Crippen molar-refractivity contribution in [3.05, 3.63) is 100 Å². The van der Waals surface area contributed by atoms with E-state index in [0.717, 1.165) is 11.1 Å². The lowest BCUT2D eigenvalue weighted by Gasteiger charge is -2.20. The second-order valence-electron chi connectivity index (χ2n) is 12.5. The number of benzene rings is 2. The van der Waals surface area contributed by atoms with Crippen LogP contribution in [0.25, 0.3) is 22.4 Å². The Bertz CT molecular complexity index is 1800. The minimum atomic E-state index is -0.991. The van der Waals surface area contributed by atoms with Crippen LogP contribution in [-0.4, -0.2) is 47.8 Å². The van der Waals surface area contributed by atoms with Gasteiger partial charge in [0.2, 0.25) is 0 Å². The molecular weight excluding hydrogens is 690 g/mol. The number of pyridine rings is 2. The van der Waals surface area contributed by atoms with Crippen molar-refractivity contribution in [2.24, 2.45) is 5.41 Å². The van der Waals surface area contributed by atoms with E-state index in [0.29, 0.717) is 56.5 Å². The molecule has 0 saturated carbocycles. The van der Waals surface area contributed by atoms with E-state index in [1.807, 2.05) is 45.2 Å². The van der Waals surface area contributed by atoms with Gasteiger partial charge in [-0.25, -0.2) is 9.37 Å². The second-order valence-corrected chi connectivity index (χ2v) is 13.2. The van der Waals surface area contributed by atoms with Gasteiger partial charge >= 0.3 is 5.97 Å². The highest BCUT2D eigenvalue weighted by atomic mass is 35.5. The summed E-state index contributed by atoms with van der Waals surface area (Å²) in [7, 11) is 3.48. The molecule has 0 aliphatic carbocycles. The highest BCUT2D eigenvalue weighted by Gasteiger charge is 2.26. The Morgan fingerprint density at radius 2 is 1.76 bits per heavy atom. The van der Waals surface area contributed by atoms with Gasteiger partial charge in [0.05, 0.1) is 34.0 Å². The van der Waals surface area contributed by atoms with Crippen LogP contribution in [0.2, 0.25) is 10.0 Å². The number of carboxylic acids is 1. The molecule has 2 aromatic carbocycles. The third-order valence-electron chi connectivity index (χ3n) is 8.12. The summed E-state index contributed by atoms with van der Waals surface area (Å²) in [5, 5.41) is 22.4. The van der Waals surface area contributed by atoms with Crippen LogP contribution < -0.4 is 26.0 Å². The SMILES string of the molecule is C=C1CCC(C)N1.CC.CNCc1ccc(-c2nccc(-c3cccc(Nc4nccc(CNCC(C)(C)C(=O)O)c4F)c3Cl)c2Cl)cc1OC. The highest BCUT2D eigenvalue weighted by molar-refractivity contribution is 6.39. The number of carbonyl (C=O) groups is 1. The molecule has 1 aliphatic heterocycles. The van der Waals surface area contributed by atoms with Crippen LogP contribution in [0.4, 0.5) is 15.9 Å². The van der Waals surface area contributed by atoms with E-state index in [1.165, 1.54) is 30.8 Å². The van der Waals surface area contributed by atoms with E-state index in [9.17, 15) is 9.90 Å². The van der Waals surface area contributed by atoms with Gasteiger partial charge < -0.3 is 31.1 Å². The number of halogens is 3. The zero-order valence-electron chi connectivity index (χ0n) is 30.4. The van der Waals surface area contributed by atoms with Crippen molar-refractivity contribution in [2.45, 2.75) is 66.6 Å². The highest BCUT2D eigenvalue weighted by Crippen LogP contribution is 2.41. The Morgan fingerprint density at radius 3 is 2.37 bits per heavy atom. The molecule has 9 nitrogen and oxygen atoms in total. The Morgan fingerprint density at radius 1 is 1.06 bits per heavy atom. The molecule has 1 fully saturated rings. The van der Waals surface area contributed by atoms with Crippen molar-refractivity contribution in [1.29, 1.82) is 0 Å². The number of hydrogen-bond donors (Lipinski definition) is 5. The number of nitrogens with zero attached hydrogens (tertiary/aromatic N) is 2. The number of methoxy groups -OCH3 is 1. The third kappa shape index (κ3) is 10.9. The van der Waals surface area contributed by atoms with Gasteiger partial charge in [-0.1, -0.05) is 67.9 Å². The zero-order chi connectivity index (χ0) is 37.7. The van der Waals surface area contributed by atoms with E-state index in [-0.39, 0.29) is 18.9 Å². The Balaban J connectivity index is 0.000000686. The molecule has 0 spiro atoms. The van der Waals surface area contributed by atoms with Gasteiger partial charge in [-0.05, 0) is 64.9 Å². The predicted octanol–water partition coefficient (Wildman–Crippen LogP) is 9.23. The lowest BCUT2D eigenvalue weighted by atomic mass is 9.94. The van der Waals surface area contributed by atoms with Crippen LogP contribution in [0.15, 0.2) is 73.2 Å². The van der Waals surface area contributed by atoms with Crippen LogP contribution in [0.3, 0.4) is 0 Å². The quantitative estimate of drug-likeness (QED) is 0.0969. The first-order valence-electron chi connectivity index (χ1n) is 16.9. The number of nitrogens with one attached hydrogen (secondary N) is 4. The van der Waals surface area contributed by atoms with Crippen molar-refractivity contribution < 1.29 is 19.0 Å². The Hall–Kier alpha value is -4.22. The predicted molar refractivity (Wildman–Crippen MR) is 207 cm³/mol. The molecule has 274 valence electrons. The van der Waals surface area contributed by atoms with Crippen molar-refractivity contribution in [3.8, 4) is 28.1 Å². The molecule has 4 aromatic rings. The first kappa shape index (κ1) is 41.2. The summed E-state index contributed by atoms with van der Waals surface area (Å²) in [6.45, 7) is 14.1. The molecule has 1 unspecified atom stereocenters. The standard InChI is InChI=1S/C31H32Cl2FN5O3.C6H11N.C2H6/c1-31(2,30(40)41)17-36-16-20-10-12-38-29(27(20)34)39-23-7-5-6-21(25(23)32)22-11-13-37-28(26(22)33)18-8-9-19(15-35-3)24(14-18)42-4;1-5-3-4-6(2)7-5;1-2/h5-14,35-36H,15-17H2,1-4H3,(H,38,39)(H,40,41);6-7H,1,3-4H2,2H3;1-2H3. The molecule has 1 atom stereocenters. The topological polar surface area (TPSA) is 120 Å². The van der Waals surface area contributed by atoms with Gasteiger partial charge in [0, 0.05) is 71.6 Å². The smallest absolute Gasteiger partial charge is 0.310 e. The molecule has 5 rings (SSSR count). The summed E-state index contributed by atoms with van der Waals surface area (Å²) >= 11 is 13.7. The van der Waals surface area contributed by atoms with Gasteiger partial charge in [0.1, 0.15) is 5.75 Å². The van der Waals surface area contributed by atoms with Crippen LogP contribution in [-0.2, 0) is 17.9 Å². The van der Waals surface area contributed by atoms with Crippen molar-refractivity contribution in [2.75, 3.05) is 26.0 Å². The summed E-state index contributed by atoms with van der Waals surface area (Å²) in [6.07, 6.45) is 5.56. The van der Waals surface area contributed by atoms with Gasteiger partial charge in [-0.15, -0.1) is 0 Å². The molecular formula is C39H49Cl2FN6O3. The summed E-state index contributed by atoms with van der Waals surface area (Å²) in [6, 6.07) is 15.1. The van der Waals surface area contributed by atoms with E-state index in [1.54, 1.807) is 45.4 Å². The molecule has 51 heavy (non-hydrogen) atoms. The first-order valence-corrected chi connectivity index (χ1v) is 17.7. The minimum absolute atomic E-state index is 0.0129. The fourth-order valence-electron chi connectivity index (χ4n) is 5.22. The summed E-state index contributed by atoms with van der Waals surface area (Å²) in [4.78, 5) is 20.0. The number of hydrogen-bond acceptors (Lipinski definition) is 8. The number of rotatable bonds is 12. The monoisotopic (exact) mass is 738 g/mol. The van der Waals surface area contributed by atoms with Crippen molar-refractivity contribution in [3.63, 3.8) is 0 Å².